The van der Waals surface area contributed by atoms with Crippen molar-refractivity contribution in [3.8, 4) is 0 Å². The van der Waals surface area contributed by atoms with E-state index < -0.39 is 0 Å². The summed E-state index contributed by atoms with van der Waals surface area (Å²) in [6.07, 6.45) is 5.40. The van der Waals surface area contributed by atoms with Gasteiger partial charge in [0.1, 0.15) is 0 Å². The second-order valence-electron chi connectivity index (χ2n) is 6.56. The first-order valence-corrected chi connectivity index (χ1v) is 8.18. The van der Waals surface area contributed by atoms with E-state index in [-0.39, 0.29) is 12.1 Å². The quantitative estimate of drug-likeness (QED) is 0.724. The number of aliphatic hydroxyl groups is 1. The van der Waals surface area contributed by atoms with Crippen LogP contribution in [0.25, 0.3) is 0 Å². The van der Waals surface area contributed by atoms with Crippen LogP contribution in [0.1, 0.15) is 45.1 Å². The summed E-state index contributed by atoms with van der Waals surface area (Å²) in [5, 5.41) is 13.2. The number of benzene rings is 1. The molecule has 0 aromatic heterocycles. The van der Waals surface area contributed by atoms with Gasteiger partial charge in [0.05, 0.1) is 12.7 Å². The van der Waals surface area contributed by atoms with Crippen molar-refractivity contribution in [2.75, 3.05) is 13.2 Å². The fraction of sp³-hybridized carbons (Fsp3) is 0.667. The van der Waals surface area contributed by atoms with Crippen molar-refractivity contribution >= 4 is 0 Å². The van der Waals surface area contributed by atoms with E-state index in [9.17, 15) is 5.11 Å². The van der Waals surface area contributed by atoms with Gasteiger partial charge >= 0.3 is 0 Å². The molecule has 0 radical (unpaired) electrons. The number of hydrogen-bond acceptors (Lipinski definition) is 3. The number of aliphatic hydroxyl groups excluding tert-OH is 1. The summed E-state index contributed by atoms with van der Waals surface area (Å²) >= 11 is 0. The summed E-state index contributed by atoms with van der Waals surface area (Å²) in [4.78, 5) is 0. The monoisotopic (exact) mass is 291 g/mol. The van der Waals surface area contributed by atoms with E-state index in [0.29, 0.717) is 12.1 Å². The molecule has 0 spiro atoms. The van der Waals surface area contributed by atoms with Crippen molar-refractivity contribution < 1.29 is 9.84 Å². The van der Waals surface area contributed by atoms with Crippen LogP contribution in [0.3, 0.4) is 0 Å². The van der Waals surface area contributed by atoms with Crippen molar-refractivity contribution in [2.45, 2.75) is 63.6 Å². The Balaban J connectivity index is 1.68. The Morgan fingerprint density at radius 2 is 2.10 bits per heavy atom. The molecule has 0 bridgehead atoms. The molecule has 0 heterocycles. The summed E-state index contributed by atoms with van der Waals surface area (Å²) in [5.41, 5.74) is 1.25. The van der Waals surface area contributed by atoms with Gasteiger partial charge in [0, 0.05) is 18.2 Å². The Hall–Kier alpha value is -0.900. The minimum Gasteiger partial charge on any atom is -0.394 e. The summed E-state index contributed by atoms with van der Waals surface area (Å²) in [6, 6.07) is 10.9. The van der Waals surface area contributed by atoms with Crippen molar-refractivity contribution in [3.63, 3.8) is 0 Å². The second kappa shape index (κ2) is 7.92. The highest BCUT2D eigenvalue weighted by Gasteiger charge is 2.39. The van der Waals surface area contributed by atoms with E-state index in [4.69, 9.17) is 4.74 Å². The zero-order chi connectivity index (χ0) is 15.1. The van der Waals surface area contributed by atoms with Crippen LogP contribution in [0.2, 0.25) is 0 Å². The van der Waals surface area contributed by atoms with Crippen LogP contribution in [0.15, 0.2) is 30.3 Å². The SMILES string of the molecule is CC(C)NC1(CO)CCC(OCCCc2ccccc2)C1. The predicted octanol–water partition coefficient (Wildman–Crippen LogP) is 2.92. The molecule has 21 heavy (non-hydrogen) atoms. The average molecular weight is 291 g/mol. The molecule has 2 N–H and O–H groups in total. The predicted molar refractivity (Wildman–Crippen MR) is 86.4 cm³/mol. The molecule has 2 atom stereocenters. The molecule has 1 aromatic rings. The molecule has 1 aliphatic rings. The lowest BCUT2D eigenvalue weighted by Crippen LogP contribution is -2.50. The molecular formula is C18H29NO2. The normalized spacial score (nSPS) is 25.6. The summed E-state index contributed by atoms with van der Waals surface area (Å²) in [7, 11) is 0. The van der Waals surface area contributed by atoms with Crippen LogP contribution in [-0.2, 0) is 11.2 Å². The molecule has 0 amide bonds. The van der Waals surface area contributed by atoms with Gasteiger partial charge in [-0.25, -0.2) is 0 Å². The molecule has 1 aromatic carbocycles. The third kappa shape index (κ3) is 5.10. The maximum atomic E-state index is 9.69. The van der Waals surface area contributed by atoms with Gasteiger partial charge in [0.25, 0.3) is 0 Å². The zero-order valence-corrected chi connectivity index (χ0v) is 13.3. The largest absolute Gasteiger partial charge is 0.394 e. The topological polar surface area (TPSA) is 41.5 Å². The highest BCUT2D eigenvalue weighted by molar-refractivity contribution is 5.14. The van der Waals surface area contributed by atoms with Gasteiger partial charge in [0.15, 0.2) is 0 Å². The van der Waals surface area contributed by atoms with Crippen molar-refractivity contribution in [3.05, 3.63) is 35.9 Å². The summed E-state index contributed by atoms with van der Waals surface area (Å²) in [6.45, 7) is 5.27. The Kier molecular flexibility index (Phi) is 6.22. The van der Waals surface area contributed by atoms with Crippen molar-refractivity contribution in [1.29, 1.82) is 0 Å². The fourth-order valence-electron chi connectivity index (χ4n) is 3.32. The van der Waals surface area contributed by atoms with Gasteiger partial charge in [0.2, 0.25) is 0 Å². The second-order valence-corrected chi connectivity index (χ2v) is 6.56. The van der Waals surface area contributed by atoms with Crippen molar-refractivity contribution in [1.82, 2.24) is 5.32 Å². The first kappa shape index (κ1) is 16.5. The molecule has 3 heteroatoms. The minimum absolute atomic E-state index is 0.127. The minimum atomic E-state index is -0.127. The lowest BCUT2D eigenvalue weighted by molar-refractivity contribution is 0.0445. The van der Waals surface area contributed by atoms with Gasteiger partial charge in [-0.15, -0.1) is 0 Å². The van der Waals surface area contributed by atoms with Crippen molar-refractivity contribution in [2.24, 2.45) is 0 Å². The van der Waals surface area contributed by atoms with Gasteiger partial charge in [-0.05, 0) is 37.7 Å². The number of aryl methyl sites for hydroxylation is 1. The molecule has 1 saturated carbocycles. The van der Waals surface area contributed by atoms with E-state index in [1.165, 1.54) is 5.56 Å². The average Bonchev–Trinajstić information content (AvgIpc) is 2.88. The van der Waals surface area contributed by atoms with Crippen LogP contribution < -0.4 is 5.32 Å². The summed E-state index contributed by atoms with van der Waals surface area (Å²) in [5.74, 6) is 0. The standard InChI is InChI=1S/C18H29NO2/c1-15(2)19-18(14-20)11-10-17(13-18)21-12-6-9-16-7-4-3-5-8-16/h3-5,7-8,15,17,19-20H,6,9-14H2,1-2H3. The van der Waals surface area contributed by atoms with E-state index >= 15 is 0 Å². The Bertz CT molecular complexity index is 407. The van der Waals surface area contributed by atoms with Crippen LogP contribution in [0.5, 0.6) is 0 Å². The number of hydrogen-bond donors (Lipinski definition) is 2. The van der Waals surface area contributed by atoms with Crippen LogP contribution >= 0.6 is 0 Å². The number of ether oxygens (including phenoxy) is 1. The molecule has 2 rings (SSSR count). The molecule has 0 saturated heterocycles. The Morgan fingerprint density at radius 1 is 1.33 bits per heavy atom. The van der Waals surface area contributed by atoms with Gasteiger partial charge in [-0.2, -0.15) is 0 Å². The summed E-state index contributed by atoms with van der Waals surface area (Å²) < 4.78 is 6.01. The third-order valence-corrected chi connectivity index (χ3v) is 4.27. The van der Waals surface area contributed by atoms with E-state index in [1.807, 2.05) is 0 Å². The number of rotatable bonds is 8. The lowest BCUT2D eigenvalue weighted by atomic mass is 9.97. The molecule has 2 unspecified atom stereocenters. The van der Waals surface area contributed by atoms with Gasteiger partial charge in [-0.1, -0.05) is 44.2 Å². The van der Waals surface area contributed by atoms with Crippen LogP contribution in [-0.4, -0.2) is 36.0 Å². The molecule has 118 valence electrons. The molecule has 1 fully saturated rings. The lowest BCUT2D eigenvalue weighted by Gasteiger charge is -2.31. The number of nitrogens with one attached hydrogen (secondary N) is 1. The molecule has 1 aliphatic carbocycles. The maximum Gasteiger partial charge on any atom is 0.0614 e. The molecule has 3 nitrogen and oxygen atoms in total. The highest BCUT2D eigenvalue weighted by atomic mass is 16.5. The van der Waals surface area contributed by atoms with E-state index in [2.05, 4.69) is 49.5 Å². The third-order valence-electron chi connectivity index (χ3n) is 4.27. The van der Waals surface area contributed by atoms with E-state index in [0.717, 1.165) is 38.7 Å². The van der Waals surface area contributed by atoms with Crippen LogP contribution in [0, 0.1) is 0 Å². The molecule has 0 aliphatic heterocycles. The maximum absolute atomic E-state index is 9.69. The van der Waals surface area contributed by atoms with E-state index in [1.54, 1.807) is 0 Å². The molecular weight excluding hydrogens is 262 g/mol. The Labute approximate surface area is 128 Å². The van der Waals surface area contributed by atoms with Gasteiger partial charge < -0.3 is 15.2 Å². The highest BCUT2D eigenvalue weighted by Crippen LogP contribution is 2.32. The fourth-order valence-corrected chi connectivity index (χ4v) is 3.32. The first-order valence-electron chi connectivity index (χ1n) is 8.18. The Morgan fingerprint density at radius 3 is 2.76 bits per heavy atom. The van der Waals surface area contributed by atoms with Gasteiger partial charge in [-0.3, -0.25) is 0 Å². The first-order chi connectivity index (χ1) is 10.1. The zero-order valence-electron chi connectivity index (χ0n) is 13.3. The smallest absolute Gasteiger partial charge is 0.0614 e. The van der Waals surface area contributed by atoms with Crippen LogP contribution in [0.4, 0.5) is 0 Å².